The van der Waals surface area contributed by atoms with Crippen LogP contribution in [0.3, 0.4) is 0 Å². The second kappa shape index (κ2) is 6.13. The quantitative estimate of drug-likeness (QED) is 0.676. The predicted molar refractivity (Wildman–Crippen MR) is 78.8 cm³/mol. The van der Waals surface area contributed by atoms with Gasteiger partial charge in [-0.15, -0.1) is 0 Å². The number of hydrogen-bond acceptors (Lipinski definition) is 4. The highest BCUT2D eigenvalue weighted by Gasteiger charge is 2.41. The van der Waals surface area contributed by atoms with Crippen LogP contribution in [0.2, 0.25) is 0 Å². The molecule has 1 unspecified atom stereocenters. The second-order valence-corrected chi connectivity index (χ2v) is 5.63. The summed E-state index contributed by atoms with van der Waals surface area (Å²) in [5.41, 5.74) is 11.0. The fourth-order valence-electron chi connectivity index (χ4n) is 2.23. The van der Waals surface area contributed by atoms with Crippen LogP contribution in [0.4, 0.5) is 0 Å². The van der Waals surface area contributed by atoms with Crippen LogP contribution in [-0.4, -0.2) is 30.5 Å². The summed E-state index contributed by atoms with van der Waals surface area (Å²) in [6.07, 6.45) is 2.21. The van der Waals surface area contributed by atoms with Gasteiger partial charge in [-0.1, -0.05) is 0 Å². The lowest BCUT2D eigenvalue weighted by Crippen LogP contribution is -2.53. The number of nitrogens with two attached hydrogens (primary N) is 2. The Kier molecular flexibility index (Phi) is 4.47. The Labute approximate surface area is 123 Å². The molecule has 5 N–H and O–H groups in total. The summed E-state index contributed by atoms with van der Waals surface area (Å²) in [7, 11) is 0. The van der Waals surface area contributed by atoms with Gasteiger partial charge in [-0.3, -0.25) is 9.59 Å². The number of carbonyl (C=O) groups excluding carboxylic acids is 2. The molecule has 6 nitrogen and oxygen atoms in total. The lowest BCUT2D eigenvalue weighted by molar-refractivity contribution is -0.119. The Morgan fingerprint density at radius 1 is 1.33 bits per heavy atom. The lowest BCUT2D eigenvalue weighted by atomic mass is 9.95. The van der Waals surface area contributed by atoms with E-state index in [0.29, 0.717) is 23.8 Å². The molecule has 1 atom stereocenters. The van der Waals surface area contributed by atoms with Crippen molar-refractivity contribution in [3.8, 4) is 5.75 Å². The van der Waals surface area contributed by atoms with Gasteiger partial charge in [-0.05, 0) is 49.9 Å². The highest BCUT2D eigenvalue weighted by atomic mass is 16.5. The molecule has 21 heavy (non-hydrogen) atoms. The molecule has 0 saturated heterocycles. The molecule has 1 saturated carbocycles. The second-order valence-electron chi connectivity index (χ2n) is 5.63. The number of ether oxygens (including phenoxy) is 1. The maximum absolute atomic E-state index is 12.2. The molecule has 0 radical (unpaired) electrons. The van der Waals surface area contributed by atoms with E-state index in [0.717, 1.165) is 12.8 Å². The monoisotopic (exact) mass is 291 g/mol. The standard InChI is InChI=1S/C15H21N3O3/c1-15(9-16,11-4-5-11)18-14(20)10-2-6-12(7-3-10)21-8-13(17)19/h2-3,6-7,11H,4-5,8-9,16H2,1H3,(H2,17,19)(H,18,20). The first-order valence-electron chi connectivity index (χ1n) is 6.98. The van der Waals surface area contributed by atoms with E-state index in [1.807, 2.05) is 6.92 Å². The van der Waals surface area contributed by atoms with E-state index in [1.165, 1.54) is 0 Å². The number of nitrogens with one attached hydrogen (secondary N) is 1. The van der Waals surface area contributed by atoms with Crippen molar-refractivity contribution in [2.24, 2.45) is 17.4 Å². The largest absolute Gasteiger partial charge is 0.484 e. The molecule has 1 aromatic rings. The van der Waals surface area contributed by atoms with Gasteiger partial charge < -0.3 is 21.5 Å². The van der Waals surface area contributed by atoms with Crippen LogP contribution in [0.5, 0.6) is 5.75 Å². The minimum absolute atomic E-state index is 0.156. The molecular weight excluding hydrogens is 270 g/mol. The zero-order valence-corrected chi connectivity index (χ0v) is 12.1. The number of rotatable bonds is 7. The van der Waals surface area contributed by atoms with Crippen LogP contribution >= 0.6 is 0 Å². The van der Waals surface area contributed by atoms with E-state index < -0.39 is 5.91 Å². The Hall–Kier alpha value is -2.08. The maximum atomic E-state index is 12.2. The van der Waals surface area contributed by atoms with E-state index in [-0.39, 0.29) is 18.1 Å². The van der Waals surface area contributed by atoms with Crippen LogP contribution in [0.25, 0.3) is 0 Å². The van der Waals surface area contributed by atoms with Gasteiger partial charge in [0.05, 0.1) is 5.54 Å². The molecular formula is C15H21N3O3. The number of benzene rings is 1. The minimum atomic E-state index is -0.542. The van der Waals surface area contributed by atoms with Gasteiger partial charge in [0.25, 0.3) is 11.8 Å². The Morgan fingerprint density at radius 2 is 1.95 bits per heavy atom. The average molecular weight is 291 g/mol. The highest BCUT2D eigenvalue weighted by Crippen LogP contribution is 2.39. The first-order chi connectivity index (χ1) is 9.94. The van der Waals surface area contributed by atoms with E-state index in [1.54, 1.807) is 24.3 Å². The van der Waals surface area contributed by atoms with Gasteiger partial charge in [-0.25, -0.2) is 0 Å². The smallest absolute Gasteiger partial charge is 0.255 e. The molecule has 0 aromatic heterocycles. The summed E-state index contributed by atoms with van der Waals surface area (Å²) >= 11 is 0. The molecule has 1 aliphatic carbocycles. The molecule has 1 fully saturated rings. The SMILES string of the molecule is CC(CN)(NC(=O)c1ccc(OCC(N)=O)cc1)C1CC1. The minimum Gasteiger partial charge on any atom is -0.484 e. The summed E-state index contributed by atoms with van der Waals surface area (Å²) in [6.45, 7) is 2.22. The molecule has 1 aliphatic rings. The van der Waals surface area contributed by atoms with Crippen LogP contribution in [-0.2, 0) is 4.79 Å². The maximum Gasteiger partial charge on any atom is 0.255 e. The molecule has 2 rings (SSSR count). The van der Waals surface area contributed by atoms with Crippen LogP contribution in [0, 0.1) is 5.92 Å². The third-order valence-corrected chi connectivity index (χ3v) is 3.80. The van der Waals surface area contributed by atoms with Crippen LogP contribution in [0.15, 0.2) is 24.3 Å². The first-order valence-corrected chi connectivity index (χ1v) is 6.98. The average Bonchev–Trinajstić information content (AvgIpc) is 3.30. The third-order valence-electron chi connectivity index (χ3n) is 3.80. The Morgan fingerprint density at radius 3 is 2.43 bits per heavy atom. The molecule has 6 heteroatoms. The first kappa shape index (κ1) is 15.3. The fraction of sp³-hybridized carbons (Fsp3) is 0.467. The normalized spacial score (nSPS) is 16.9. The zero-order valence-electron chi connectivity index (χ0n) is 12.1. The summed E-state index contributed by atoms with van der Waals surface area (Å²) in [4.78, 5) is 22.9. The molecule has 0 bridgehead atoms. The van der Waals surface area contributed by atoms with Crippen molar-refractivity contribution < 1.29 is 14.3 Å². The number of primary amides is 1. The highest BCUT2D eigenvalue weighted by molar-refractivity contribution is 5.94. The van der Waals surface area contributed by atoms with Crippen molar-refractivity contribution in [3.05, 3.63) is 29.8 Å². The van der Waals surface area contributed by atoms with Gasteiger partial charge in [0.15, 0.2) is 6.61 Å². The zero-order chi connectivity index (χ0) is 15.5. The lowest BCUT2D eigenvalue weighted by Gasteiger charge is -2.29. The third kappa shape index (κ3) is 3.95. The fourth-order valence-corrected chi connectivity index (χ4v) is 2.23. The van der Waals surface area contributed by atoms with E-state index in [2.05, 4.69) is 5.32 Å². The molecule has 0 heterocycles. The van der Waals surface area contributed by atoms with Gasteiger partial charge in [0.1, 0.15) is 5.75 Å². The summed E-state index contributed by atoms with van der Waals surface area (Å²) in [5, 5.41) is 3.01. The van der Waals surface area contributed by atoms with Crippen molar-refractivity contribution in [1.29, 1.82) is 0 Å². The topological polar surface area (TPSA) is 107 Å². The summed E-state index contributed by atoms with van der Waals surface area (Å²) in [6, 6.07) is 6.56. The van der Waals surface area contributed by atoms with Gasteiger partial charge in [0, 0.05) is 12.1 Å². The molecule has 1 aromatic carbocycles. The van der Waals surface area contributed by atoms with Crippen molar-refractivity contribution in [2.45, 2.75) is 25.3 Å². The van der Waals surface area contributed by atoms with Crippen molar-refractivity contribution in [3.63, 3.8) is 0 Å². The summed E-state index contributed by atoms with van der Waals surface area (Å²) in [5.74, 6) is 0.259. The van der Waals surface area contributed by atoms with Gasteiger partial charge in [0.2, 0.25) is 0 Å². The molecule has 114 valence electrons. The van der Waals surface area contributed by atoms with Crippen LogP contribution in [0.1, 0.15) is 30.1 Å². The Balaban J connectivity index is 1.97. The number of carbonyl (C=O) groups is 2. The molecule has 0 aliphatic heterocycles. The number of amides is 2. The predicted octanol–water partition coefficient (Wildman–Crippen LogP) is 0.408. The number of hydrogen-bond donors (Lipinski definition) is 3. The summed E-state index contributed by atoms with van der Waals surface area (Å²) < 4.78 is 5.15. The van der Waals surface area contributed by atoms with Crippen molar-refractivity contribution in [1.82, 2.24) is 5.32 Å². The molecule has 0 spiro atoms. The van der Waals surface area contributed by atoms with E-state index >= 15 is 0 Å². The Bertz CT molecular complexity index is 525. The van der Waals surface area contributed by atoms with Crippen molar-refractivity contribution in [2.75, 3.05) is 13.2 Å². The van der Waals surface area contributed by atoms with E-state index in [9.17, 15) is 9.59 Å². The van der Waals surface area contributed by atoms with Crippen LogP contribution < -0.4 is 21.5 Å². The van der Waals surface area contributed by atoms with Gasteiger partial charge >= 0.3 is 0 Å². The van der Waals surface area contributed by atoms with Gasteiger partial charge in [-0.2, -0.15) is 0 Å². The molecule has 2 amide bonds. The van der Waals surface area contributed by atoms with E-state index in [4.69, 9.17) is 16.2 Å². The van der Waals surface area contributed by atoms with Crippen molar-refractivity contribution >= 4 is 11.8 Å².